The Hall–Kier alpha value is -2.08. The highest BCUT2D eigenvalue weighted by Crippen LogP contribution is 2.26. The number of amides is 1. The van der Waals surface area contributed by atoms with E-state index in [0.29, 0.717) is 22.2 Å². The highest BCUT2D eigenvalue weighted by atomic mass is 35.5. The number of nitrogens with one attached hydrogen (secondary N) is 1. The molecule has 0 aliphatic rings. The average molecular weight is 396 g/mol. The monoisotopic (exact) mass is 395 g/mol. The molecule has 2 rings (SSSR count). The fraction of sp³-hybridized carbons (Fsp3) is 0.263. The molecule has 0 spiro atoms. The second-order valence-corrected chi connectivity index (χ2v) is 6.51. The van der Waals surface area contributed by atoms with Crippen molar-refractivity contribution >= 4 is 35.1 Å². The first-order valence-corrected chi connectivity index (χ1v) is 8.65. The molecule has 1 N–H and O–H groups in total. The van der Waals surface area contributed by atoms with Gasteiger partial charge in [0.2, 0.25) is 0 Å². The molecule has 0 bridgehead atoms. The fourth-order valence-electron chi connectivity index (χ4n) is 2.38. The zero-order valence-corrected chi connectivity index (χ0v) is 15.9. The Balaban J connectivity index is 1.89. The van der Waals surface area contributed by atoms with E-state index >= 15 is 0 Å². The van der Waals surface area contributed by atoms with E-state index in [1.165, 1.54) is 0 Å². The number of carbonyl (C=O) groups is 2. The van der Waals surface area contributed by atoms with Crippen LogP contribution < -0.4 is 5.32 Å². The topological polar surface area (TPSA) is 64.6 Å². The van der Waals surface area contributed by atoms with Crippen LogP contribution in [-0.4, -0.2) is 25.6 Å². The van der Waals surface area contributed by atoms with Crippen LogP contribution in [0.3, 0.4) is 0 Å². The highest BCUT2D eigenvalue weighted by Gasteiger charge is 2.15. The van der Waals surface area contributed by atoms with Crippen molar-refractivity contribution < 1.29 is 19.1 Å². The van der Waals surface area contributed by atoms with Crippen LogP contribution in [0.4, 0.5) is 0 Å². The zero-order valence-electron chi connectivity index (χ0n) is 14.4. The van der Waals surface area contributed by atoms with Crippen LogP contribution in [0.5, 0.6) is 0 Å². The van der Waals surface area contributed by atoms with Gasteiger partial charge in [-0.2, -0.15) is 0 Å². The molecule has 2 aromatic rings. The first-order valence-electron chi connectivity index (χ1n) is 7.90. The highest BCUT2D eigenvalue weighted by molar-refractivity contribution is 6.35. The van der Waals surface area contributed by atoms with Gasteiger partial charge >= 0.3 is 5.97 Å². The lowest BCUT2D eigenvalue weighted by atomic mass is 10.1. The minimum absolute atomic E-state index is 0.351. The summed E-state index contributed by atoms with van der Waals surface area (Å²) in [6.45, 7) is 1.78. The van der Waals surface area contributed by atoms with Gasteiger partial charge in [0, 0.05) is 17.2 Å². The lowest BCUT2D eigenvalue weighted by Gasteiger charge is -2.16. The van der Waals surface area contributed by atoms with Crippen LogP contribution >= 0.6 is 23.2 Å². The smallest absolute Gasteiger partial charge is 0.338 e. The molecule has 5 nitrogen and oxygen atoms in total. The Bertz CT molecular complexity index is 795. The molecule has 0 radical (unpaired) electrons. The molecule has 138 valence electrons. The third-order valence-electron chi connectivity index (χ3n) is 3.61. The SMILES string of the molecule is COCc1cccc(C(=O)OCC(=O)N[C@H](C)c2ccc(Cl)cc2Cl)c1. The van der Waals surface area contributed by atoms with Crippen molar-refractivity contribution in [2.24, 2.45) is 0 Å². The first kappa shape index (κ1) is 20.2. The molecule has 0 heterocycles. The van der Waals surface area contributed by atoms with Gasteiger partial charge in [0.05, 0.1) is 18.2 Å². The minimum Gasteiger partial charge on any atom is -0.452 e. The quantitative estimate of drug-likeness (QED) is 0.714. The summed E-state index contributed by atoms with van der Waals surface area (Å²) in [5.41, 5.74) is 1.93. The summed E-state index contributed by atoms with van der Waals surface area (Å²) < 4.78 is 10.1. The molecule has 26 heavy (non-hydrogen) atoms. The van der Waals surface area contributed by atoms with Crippen LogP contribution in [0.2, 0.25) is 10.0 Å². The second kappa shape index (κ2) is 9.57. The van der Waals surface area contributed by atoms with Gasteiger partial charge in [-0.3, -0.25) is 4.79 Å². The van der Waals surface area contributed by atoms with Gasteiger partial charge in [0.25, 0.3) is 5.91 Å². The number of methoxy groups -OCH3 is 1. The van der Waals surface area contributed by atoms with Gasteiger partial charge in [-0.15, -0.1) is 0 Å². The van der Waals surface area contributed by atoms with Crippen molar-refractivity contribution in [2.75, 3.05) is 13.7 Å². The first-order chi connectivity index (χ1) is 12.4. The lowest BCUT2D eigenvalue weighted by molar-refractivity contribution is -0.124. The zero-order chi connectivity index (χ0) is 19.1. The van der Waals surface area contributed by atoms with Crippen LogP contribution in [0.1, 0.15) is 34.5 Å². The fourth-order valence-corrected chi connectivity index (χ4v) is 2.95. The Kier molecular flexibility index (Phi) is 7.45. The normalized spacial score (nSPS) is 11.7. The lowest BCUT2D eigenvalue weighted by Crippen LogP contribution is -2.31. The van der Waals surface area contributed by atoms with E-state index in [2.05, 4.69) is 5.32 Å². The molecule has 0 unspecified atom stereocenters. The molecule has 0 saturated carbocycles. The molecule has 0 aliphatic heterocycles. The van der Waals surface area contributed by atoms with E-state index in [-0.39, 0.29) is 12.6 Å². The Labute approximate surface area is 162 Å². The summed E-state index contributed by atoms with van der Waals surface area (Å²) in [5.74, 6) is -1.000. The predicted octanol–water partition coefficient (Wildman–Crippen LogP) is 4.17. The van der Waals surface area contributed by atoms with Crippen molar-refractivity contribution in [3.8, 4) is 0 Å². The van der Waals surface area contributed by atoms with Crippen molar-refractivity contribution in [1.82, 2.24) is 5.32 Å². The third-order valence-corrected chi connectivity index (χ3v) is 4.18. The molecule has 0 aliphatic carbocycles. The molecule has 0 saturated heterocycles. The Morgan fingerprint density at radius 2 is 1.92 bits per heavy atom. The number of rotatable bonds is 7. The summed E-state index contributed by atoms with van der Waals surface area (Å²) >= 11 is 12.0. The molecular formula is C19H19Cl2NO4. The maximum Gasteiger partial charge on any atom is 0.338 e. The number of carbonyl (C=O) groups excluding carboxylic acids is 2. The van der Waals surface area contributed by atoms with E-state index in [0.717, 1.165) is 11.1 Å². The third kappa shape index (κ3) is 5.73. The maximum absolute atomic E-state index is 12.1. The van der Waals surface area contributed by atoms with E-state index in [4.69, 9.17) is 32.7 Å². The maximum atomic E-state index is 12.1. The molecule has 0 aromatic heterocycles. The standard InChI is InChI=1S/C19H19Cl2NO4/c1-12(16-7-6-15(20)9-17(16)21)22-18(23)11-26-19(24)14-5-3-4-13(8-14)10-25-2/h3-9,12H,10-11H2,1-2H3,(H,22,23)/t12-/m1/s1. The van der Waals surface area contributed by atoms with Crippen molar-refractivity contribution in [3.63, 3.8) is 0 Å². The van der Waals surface area contributed by atoms with Crippen LogP contribution in [0.25, 0.3) is 0 Å². The van der Waals surface area contributed by atoms with E-state index in [9.17, 15) is 9.59 Å². The van der Waals surface area contributed by atoms with Crippen LogP contribution in [0, 0.1) is 0 Å². The van der Waals surface area contributed by atoms with Gasteiger partial charge < -0.3 is 14.8 Å². The summed E-state index contributed by atoms with van der Waals surface area (Å²) in [4.78, 5) is 24.1. The van der Waals surface area contributed by atoms with Gasteiger partial charge in [0.1, 0.15) is 0 Å². The van der Waals surface area contributed by atoms with Crippen molar-refractivity contribution in [2.45, 2.75) is 19.6 Å². The number of ether oxygens (including phenoxy) is 2. The summed E-state index contributed by atoms with van der Waals surface area (Å²) in [5, 5.41) is 3.70. The number of benzene rings is 2. The van der Waals surface area contributed by atoms with E-state index < -0.39 is 11.9 Å². The van der Waals surface area contributed by atoms with E-state index in [1.54, 1.807) is 50.4 Å². The number of esters is 1. The molecule has 1 amide bonds. The molecule has 1 atom stereocenters. The number of hydrogen-bond donors (Lipinski definition) is 1. The van der Waals surface area contributed by atoms with Gasteiger partial charge in [-0.05, 0) is 42.3 Å². The molecule has 7 heteroatoms. The molecule has 2 aromatic carbocycles. The second-order valence-electron chi connectivity index (χ2n) is 5.66. The van der Waals surface area contributed by atoms with Crippen LogP contribution in [0.15, 0.2) is 42.5 Å². The van der Waals surface area contributed by atoms with Crippen molar-refractivity contribution in [3.05, 3.63) is 69.2 Å². The largest absolute Gasteiger partial charge is 0.452 e. The van der Waals surface area contributed by atoms with Gasteiger partial charge in [0.15, 0.2) is 6.61 Å². The number of hydrogen-bond acceptors (Lipinski definition) is 4. The van der Waals surface area contributed by atoms with Crippen molar-refractivity contribution in [1.29, 1.82) is 0 Å². The summed E-state index contributed by atoms with van der Waals surface area (Å²) in [6, 6.07) is 11.5. The summed E-state index contributed by atoms with van der Waals surface area (Å²) in [7, 11) is 1.57. The minimum atomic E-state index is -0.574. The van der Waals surface area contributed by atoms with E-state index in [1.807, 2.05) is 6.07 Å². The summed E-state index contributed by atoms with van der Waals surface area (Å²) in [6.07, 6.45) is 0. The average Bonchev–Trinajstić information content (AvgIpc) is 2.60. The van der Waals surface area contributed by atoms with Gasteiger partial charge in [-0.25, -0.2) is 4.79 Å². The predicted molar refractivity (Wildman–Crippen MR) is 100 cm³/mol. The molecular weight excluding hydrogens is 377 g/mol. The van der Waals surface area contributed by atoms with Crippen LogP contribution in [-0.2, 0) is 20.9 Å². The molecule has 0 fully saturated rings. The number of halogens is 2. The van der Waals surface area contributed by atoms with Gasteiger partial charge in [-0.1, -0.05) is 41.4 Å². The Morgan fingerprint density at radius 3 is 2.62 bits per heavy atom. The Morgan fingerprint density at radius 1 is 1.15 bits per heavy atom.